The molecule has 0 aromatic carbocycles. The number of piperidine rings is 1. The molecule has 0 spiro atoms. The summed E-state index contributed by atoms with van der Waals surface area (Å²) in [5, 5.41) is 0. The first kappa shape index (κ1) is 15.3. The van der Waals surface area contributed by atoms with Gasteiger partial charge in [-0.2, -0.15) is 0 Å². The lowest BCUT2D eigenvalue weighted by atomic mass is 10.1. The number of pyridine rings is 1. The van der Waals surface area contributed by atoms with Gasteiger partial charge in [-0.15, -0.1) is 0 Å². The molecular weight excluding hydrogens is 250 g/mol. The molecule has 4 nitrogen and oxygen atoms in total. The van der Waals surface area contributed by atoms with Crippen molar-refractivity contribution < 1.29 is 4.74 Å². The first-order chi connectivity index (χ1) is 9.63. The molecule has 2 rings (SSSR count). The van der Waals surface area contributed by atoms with Crippen LogP contribution in [0.2, 0.25) is 0 Å². The van der Waals surface area contributed by atoms with E-state index in [-0.39, 0.29) is 0 Å². The molecule has 0 bridgehead atoms. The van der Waals surface area contributed by atoms with E-state index in [1.807, 2.05) is 0 Å². The second-order valence-electron chi connectivity index (χ2n) is 5.78. The summed E-state index contributed by atoms with van der Waals surface area (Å²) in [6, 6.07) is 4.25. The Morgan fingerprint density at radius 1 is 1.45 bits per heavy atom. The number of nitrogens with zero attached hydrogens (tertiary/aromatic N) is 2. The van der Waals surface area contributed by atoms with Gasteiger partial charge < -0.3 is 15.4 Å². The SMILES string of the molecule is CCOC1CCCN(c2cc(CN)cc(C(C)C)n2)C1. The van der Waals surface area contributed by atoms with Crippen LogP contribution in [0, 0.1) is 0 Å². The maximum Gasteiger partial charge on any atom is 0.129 e. The Bertz CT molecular complexity index is 432. The summed E-state index contributed by atoms with van der Waals surface area (Å²) >= 11 is 0. The number of anilines is 1. The van der Waals surface area contributed by atoms with Gasteiger partial charge in [-0.05, 0) is 43.4 Å². The summed E-state index contributed by atoms with van der Waals surface area (Å²) in [4.78, 5) is 7.16. The molecule has 1 atom stereocenters. The van der Waals surface area contributed by atoms with Gasteiger partial charge in [0.1, 0.15) is 5.82 Å². The Morgan fingerprint density at radius 3 is 2.90 bits per heavy atom. The van der Waals surface area contributed by atoms with E-state index in [0.717, 1.165) is 49.6 Å². The van der Waals surface area contributed by atoms with Gasteiger partial charge in [0.25, 0.3) is 0 Å². The molecule has 0 aliphatic carbocycles. The average molecular weight is 277 g/mol. The maximum atomic E-state index is 5.82. The summed E-state index contributed by atoms with van der Waals surface area (Å²) in [6.45, 7) is 9.75. The fourth-order valence-corrected chi connectivity index (χ4v) is 2.69. The maximum absolute atomic E-state index is 5.82. The molecule has 1 aromatic rings. The van der Waals surface area contributed by atoms with Crippen LogP contribution < -0.4 is 10.6 Å². The van der Waals surface area contributed by atoms with E-state index in [9.17, 15) is 0 Å². The van der Waals surface area contributed by atoms with Crippen molar-refractivity contribution in [1.82, 2.24) is 4.98 Å². The highest BCUT2D eigenvalue weighted by molar-refractivity contribution is 5.44. The molecule has 2 heterocycles. The van der Waals surface area contributed by atoms with Crippen LogP contribution in [0.3, 0.4) is 0 Å². The molecule has 0 saturated carbocycles. The second kappa shape index (κ2) is 7.04. The zero-order valence-corrected chi connectivity index (χ0v) is 12.9. The predicted octanol–water partition coefficient (Wildman–Crippen LogP) is 2.67. The van der Waals surface area contributed by atoms with Crippen LogP contribution in [0.1, 0.15) is 50.8 Å². The van der Waals surface area contributed by atoms with Crippen molar-refractivity contribution in [2.24, 2.45) is 5.73 Å². The summed E-state index contributed by atoms with van der Waals surface area (Å²) in [6.07, 6.45) is 2.65. The van der Waals surface area contributed by atoms with Crippen LogP contribution in [0.5, 0.6) is 0 Å². The minimum absolute atomic E-state index is 0.333. The fourth-order valence-electron chi connectivity index (χ4n) is 2.69. The van der Waals surface area contributed by atoms with Crippen LogP contribution in [-0.2, 0) is 11.3 Å². The van der Waals surface area contributed by atoms with Crippen molar-refractivity contribution in [2.45, 2.75) is 52.2 Å². The lowest BCUT2D eigenvalue weighted by molar-refractivity contribution is 0.0525. The van der Waals surface area contributed by atoms with Gasteiger partial charge in [0.2, 0.25) is 0 Å². The third kappa shape index (κ3) is 3.70. The molecule has 1 aliphatic heterocycles. The number of rotatable bonds is 5. The fraction of sp³-hybridized carbons (Fsp3) is 0.688. The quantitative estimate of drug-likeness (QED) is 0.899. The largest absolute Gasteiger partial charge is 0.377 e. The van der Waals surface area contributed by atoms with Gasteiger partial charge in [0, 0.05) is 31.9 Å². The highest BCUT2D eigenvalue weighted by atomic mass is 16.5. The minimum Gasteiger partial charge on any atom is -0.377 e. The highest BCUT2D eigenvalue weighted by Gasteiger charge is 2.21. The van der Waals surface area contributed by atoms with E-state index < -0.39 is 0 Å². The number of hydrogen-bond acceptors (Lipinski definition) is 4. The molecule has 112 valence electrons. The van der Waals surface area contributed by atoms with Gasteiger partial charge in [-0.3, -0.25) is 0 Å². The molecule has 1 aliphatic rings. The first-order valence-corrected chi connectivity index (χ1v) is 7.71. The molecule has 0 radical (unpaired) electrons. The highest BCUT2D eigenvalue weighted by Crippen LogP contribution is 2.24. The van der Waals surface area contributed by atoms with Crippen LogP contribution in [0.25, 0.3) is 0 Å². The molecule has 20 heavy (non-hydrogen) atoms. The van der Waals surface area contributed by atoms with Crippen molar-refractivity contribution >= 4 is 5.82 Å². The smallest absolute Gasteiger partial charge is 0.129 e. The monoisotopic (exact) mass is 277 g/mol. The number of ether oxygens (including phenoxy) is 1. The predicted molar refractivity (Wildman–Crippen MR) is 83.1 cm³/mol. The molecule has 1 fully saturated rings. The minimum atomic E-state index is 0.333. The van der Waals surface area contributed by atoms with Crippen LogP contribution in [0.15, 0.2) is 12.1 Å². The van der Waals surface area contributed by atoms with Crippen LogP contribution in [0.4, 0.5) is 5.82 Å². The van der Waals surface area contributed by atoms with Crippen LogP contribution in [-0.4, -0.2) is 30.8 Å². The van der Waals surface area contributed by atoms with E-state index in [0.29, 0.717) is 18.6 Å². The van der Waals surface area contributed by atoms with Crippen LogP contribution >= 0.6 is 0 Å². The van der Waals surface area contributed by atoms with Gasteiger partial charge in [0.15, 0.2) is 0 Å². The molecule has 1 unspecified atom stereocenters. The van der Waals surface area contributed by atoms with Crippen molar-refractivity contribution in [2.75, 3.05) is 24.6 Å². The summed E-state index contributed by atoms with van der Waals surface area (Å²) < 4.78 is 5.77. The number of aromatic nitrogens is 1. The molecular formula is C16H27N3O. The average Bonchev–Trinajstić information content (AvgIpc) is 2.47. The standard InChI is InChI=1S/C16H27N3O/c1-4-20-14-6-5-7-19(11-14)16-9-13(10-17)8-15(18-16)12(2)3/h8-9,12,14H,4-7,10-11,17H2,1-3H3. The normalized spacial score (nSPS) is 19.6. The van der Waals surface area contributed by atoms with Crippen molar-refractivity contribution in [3.05, 3.63) is 23.4 Å². The zero-order chi connectivity index (χ0) is 14.5. The summed E-state index contributed by atoms with van der Waals surface area (Å²) in [5.41, 5.74) is 8.11. The van der Waals surface area contributed by atoms with Crippen molar-refractivity contribution in [3.63, 3.8) is 0 Å². The Labute approximate surface area is 122 Å². The van der Waals surface area contributed by atoms with Crippen molar-refractivity contribution in [1.29, 1.82) is 0 Å². The molecule has 1 aromatic heterocycles. The lowest BCUT2D eigenvalue weighted by Gasteiger charge is -2.33. The van der Waals surface area contributed by atoms with Gasteiger partial charge in [0.05, 0.1) is 6.10 Å². The third-order valence-electron chi connectivity index (χ3n) is 3.82. The van der Waals surface area contributed by atoms with E-state index in [1.54, 1.807) is 0 Å². The third-order valence-corrected chi connectivity index (χ3v) is 3.82. The van der Waals surface area contributed by atoms with E-state index in [1.165, 1.54) is 0 Å². The molecule has 4 heteroatoms. The Morgan fingerprint density at radius 2 is 2.25 bits per heavy atom. The number of hydrogen-bond donors (Lipinski definition) is 1. The topological polar surface area (TPSA) is 51.4 Å². The van der Waals surface area contributed by atoms with Gasteiger partial charge >= 0.3 is 0 Å². The Kier molecular flexibility index (Phi) is 5.38. The Hall–Kier alpha value is -1.13. The summed E-state index contributed by atoms with van der Waals surface area (Å²) in [7, 11) is 0. The molecule has 2 N–H and O–H groups in total. The van der Waals surface area contributed by atoms with Gasteiger partial charge in [-0.1, -0.05) is 13.8 Å². The number of nitrogens with two attached hydrogens (primary N) is 1. The van der Waals surface area contributed by atoms with E-state index in [4.69, 9.17) is 15.5 Å². The summed E-state index contributed by atoms with van der Waals surface area (Å²) in [5.74, 6) is 1.48. The second-order valence-corrected chi connectivity index (χ2v) is 5.78. The first-order valence-electron chi connectivity index (χ1n) is 7.71. The molecule has 0 amide bonds. The van der Waals surface area contributed by atoms with Gasteiger partial charge in [-0.25, -0.2) is 4.98 Å². The lowest BCUT2D eigenvalue weighted by Crippen LogP contribution is -2.40. The Balaban J connectivity index is 2.20. The van der Waals surface area contributed by atoms with E-state index >= 15 is 0 Å². The zero-order valence-electron chi connectivity index (χ0n) is 12.9. The molecule has 1 saturated heterocycles. The van der Waals surface area contributed by atoms with E-state index in [2.05, 4.69) is 37.8 Å². The van der Waals surface area contributed by atoms with Crippen molar-refractivity contribution in [3.8, 4) is 0 Å².